The summed E-state index contributed by atoms with van der Waals surface area (Å²) in [4.78, 5) is 23.8. The van der Waals surface area contributed by atoms with Gasteiger partial charge in [0, 0.05) is 24.7 Å². The summed E-state index contributed by atoms with van der Waals surface area (Å²) in [6.07, 6.45) is 0.705. The molecule has 7 nitrogen and oxygen atoms in total. The van der Waals surface area contributed by atoms with E-state index in [1.807, 2.05) is 6.92 Å². The number of hydrogen-bond acceptors (Lipinski definition) is 5. The van der Waals surface area contributed by atoms with Crippen molar-refractivity contribution < 1.29 is 14.8 Å². The van der Waals surface area contributed by atoms with E-state index in [0.29, 0.717) is 13.0 Å². The SMILES string of the molecule is CCCN(CCO)C(=O)c1cc(Cl)c(N)c([N+](=O)[O-])c1. The van der Waals surface area contributed by atoms with Gasteiger partial charge in [0.05, 0.1) is 16.6 Å². The molecule has 0 heterocycles. The van der Waals surface area contributed by atoms with Gasteiger partial charge in [-0.3, -0.25) is 14.9 Å². The zero-order chi connectivity index (χ0) is 15.3. The molecule has 0 fully saturated rings. The van der Waals surface area contributed by atoms with E-state index in [4.69, 9.17) is 22.4 Å². The summed E-state index contributed by atoms with van der Waals surface area (Å²) in [7, 11) is 0. The standard InChI is InChI=1S/C12H16ClN3O4/c1-2-3-15(4-5-17)12(18)8-6-9(13)11(14)10(7-8)16(19)20/h6-7,17H,2-5,14H2,1H3. The first-order valence-corrected chi connectivity index (χ1v) is 6.43. The molecule has 0 aliphatic rings. The van der Waals surface area contributed by atoms with Crippen molar-refractivity contribution in [2.45, 2.75) is 13.3 Å². The highest BCUT2D eigenvalue weighted by molar-refractivity contribution is 6.34. The molecule has 3 N–H and O–H groups in total. The van der Waals surface area contributed by atoms with Gasteiger partial charge in [0.25, 0.3) is 11.6 Å². The van der Waals surface area contributed by atoms with Crippen LogP contribution >= 0.6 is 11.6 Å². The molecular weight excluding hydrogens is 286 g/mol. The number of nitrogen functional groups attached to an aromatic ring is 1. The highest BCUT2D eigenvalue weighted by atomic mass is 35.5. The minimum atomic E-state index is -0.686. The molecule has 0 saturated carbocycles. The zero-order valence-electron chi connectivity index (χ0n) is 11.0. The minimum Gasteiger partial charge on any atom is -0.395 e. The number of nitro benzene ring substituents is 1. The Morgan fingerprint density at radius 3 is 2.65 bits per heavy atom. The Kier molecular flexibility index (Phi) is 5.72. The van der Waals surface area contributed by atoms with Crippen LogP contribution in [-0.4, -0.2) is 40.5 Å². The van der Waals surface area contributed by atoms with E-state index in [1.165, 1.54) is 11.0 Å². The maximum absolute atomic E-state index is 12.3. The van der Waals surface area contributed by atoms with Crippen molar-refractivity contribution in [3.8, 4) is 0 Å². The van der Waals surface area contributed by atoms with Crippen LogP contribution in [0.15, 0.2) is 12.1 Å². The fourth-order valence-corrected chi connectivity index (χ4v) is 1.98. The molecule has 0 aliphatic carbocycles. The molecule has 20 heavy (non-hydrogen) atoms. The van der Waals surface area contributed by atoms with Gasteiger partial charge in [0.2, 0.25) is 0 Å². The molecule has 0 aromatic heterocycles. The van der Waals surface area contributed by atoms with Crippen LogP contribution in [-0.2, 0) is 0 Å². The topological polar surface area (TPSA) is 110 Å². The molecule has 0 radical (unpaired) electrons. The number of carbonyl (C=O) groups is 1. The zero-order valence-corrected chi connectivity index (χ0v) is 11.8. The van der Waals surface area contributed by atoms with Gasteiger partial charge in [-0.25, -0.2) is 0 Å². The second-order valence-electron chi connectivity index (χ2n) is 4.16. The molecule has 1 rings (SSSR count). The van der Waals surface area contributed by atoms with Crippen LogP contribution in [0.1, 0.15) is 23.7 Å². The number of nitrogens with two attached hydrogens (primary N) is 1. The number of carbonyl (C=O) groups excluding carboxylic acids is 1. The Morgan fingerprint density at radius 1 is 1.50 bits per heavy atom. The first kappa shape index (κ1) is 16.2. The van der Waals surface area contributed by atoms with Gasteiger partial charge in [-0.1, -0.05) is 18.5 Å². The molecule has 0 bridgehead atoms. The lowest BCUT2D eigenvalue weighted by Gasteiger charge is -2.21. The van der Waals surface area contributed by atoms with Gasteiger partial charge in [-0.2, -0.15) is 0 Å². The third-order valence-electron chi connectivity index (χ3n) is 2.70. The number of rotatable bonds is 6. The van der Waals surface area contributed by atoms with Gasteiger partial charge < -0.3 is 15.7 Å². The quantitative estimate of drug-likeness (QED) is 0.472. The summed E-state index contributed by atoms with van der Waals surface area (Å²) in [5.41, 5.74) is 5.02. The van der Waals surface area contributed by atoms with E-state index in [1.54, 1.807) is 0 Å². The van der Waals surface area contributed by atoms with Gasteiger partial charge in [-0.15, -0.1) is 0 Å². The fraction of sp³-hybridized carbons (Fsp3) is 0.417. The Labute approximate surface area is 121 Å². The number of nitrogens with zero attached hydrogens (tertiary/aromatic N) is 2. The minimum absolute atomic E-state index is 0.0389. The number of benzene rings is 1. The number of aliphatic hydroxyl groups is 1. The molecule has 0 unspecified atom stereocenters. The van der Waals surface area contributed by atoms with Gasteiger partial charge in [0.1, 0.15) is 5.69 Å². The Morgan fingerprint density at radius 2 is 2.15 bits per heavy atom. The second kappa shape index (κ2) is 7.06. The van der Waals surface area contributed by atoms with Gasteiger partial charge in [-0.05, 0) is 12.5 Å². The highest BCUT2D eigenvalue weighted by Gasteiger charge is 2.22. The van der Waals surface area contributed by atoms with Crippen molar-refractivity contribution >= 4 is 28.9 Å². The van der Waals surface area contributed by atoms with Crippen LogP contribution in [0.3, 0.4) is 0 Å². The second-order valence-corrected chi connectivity index (χ2v) is 4.57. The molecule has 1 amide bonds. The number of halogens is 1. The fourth-order valence-electron chi connectivity index (χ4n) is 1.77. The van der Waals surface area contributed by atoms with Crippen molar-refractivity contribution in [3.63, 3.8) is 0 Å². The van der Waals surface area contributed by atoms with E-state index in [0.717, 1.165) is 6.07 Å². The summed E-state index contributed by atoms with van der Waals surface area (Å²) in [6.45, 7) is 2.30. The Hall–Kier alpha value is -1.86. The largest absolute Gasteiger partial charge is 0.395 e. The van der Waals surface area contributed by atoms with Crippen molar-refractivity contribution in [3.05, 3.63) is 32.8 Å². The first-order chi connectivity index (χ1) is 9.42. The van der Waals surface area contributed by atoms with Crippen molar-refractivity contribution in [2.24, 2.45) is 0 Å². The van der Waals surface area contributed by atoms with Crippen LogP contribution in [0.5, 0.6) is 0 Å². The van der Waals surface area contributed by atoms with Crippen LogP contribution in [0, 0.1) is 10.1 Å². The average molecular weight is 302 g/mol. The van der Waals surface area contributed by atoms with Gasteiger partial charge in [0.15, 0.2) is 0 Å². The number of hydrogen-bond donors (Lipinski definition) is 2. The predicted molar refractivity (Wildman–Crippen MR) is 75.8 cm³/mol. The average Bonchev–Trinajstić information content (AvgIpc) is 2.40. The number of nitro groups is 1. The normalized spacial score (nSPS) is 10.3. The lowest BCUT2D eigenvalue weighted by atomic mass is 10.1. The summed E-state index contributed by atoms with van der Waals surface area (Å²) >= 11 is 5.82. The molecule has 0 aliphatic heterocycles. The molecule has 8 heteroatoms. The van der Waals surface area contributed by atoms with Crippen LogP contribution < -0.4 is 5.73 Å². The van der Waals surface area contributed by atoms with E-state index >= 15 is 0 Å². The summed E-state index contributed by atoms with van der Waals surface area (Å²) in [5, 5.41) is 19.8. The van der Waals surface area contributed by atoms with E-state index in [-0.39, 0.29) is 29.4 Å². The van der Waals surface area contributed by atoms with E-state index in [9.17, 15) is 14.9 Å². The lowest BCUT2D eigenvalue weighted by molar-refractivity contribution is -0.383. The highest BCUT2D eigenvalue weighted by Crippen LogP contribution is 2.31. The van der Waals surface area contributed by atoms with Gasteiger partial charge >= 0.3 is 0 Å². The van der Waals surface area contributed by atoms with Crippen molar-refractivity contribution in [2.75, 3.05) is 25.4 Å². The third-order valence-corrected chi connectivity index (χ3v) is 3.01. The first-order valence-electron chi connectivity index (χ1n) is 6.05. The van der Waals surface area contributed by atoms with Crippen molar-refractivity contribution in [1.82, 2.24) is 4.90 Å². The van der Waals surface area contributed by atoms with E-state index < -0.39 is 16.5 Å². The monoisotopic (exact) mass is 301 g/mol. The number of amides is 1. The third kappa shape index (κ3) is 3.58. The van der Waals surface area contributed by atoms with Crippen molar-refractivity contribution in [1.29, 1.82) is 0 Å². The van der Waals surface area contributed by atoms with Crippen LogP contribution in [0.4, 0.5) is 11.4 Å². The Bertz CT molecular complexity index is 516. The van der Waals surface area contributed by atoms with Crippen LogP contribution in [0.2, 0.25) is 5.02 Å². The molecule has 0 atom stereocenters. The maximum Gasteiger partial charge on any atom is 0.294 e. The number of anilines is 1. The molecule has 0 saturated heterocycles. The summed E-state index contributed by atoms with van der Waals surface area (Å²) in [5.74, 6) is -0.425. The smallest absolute Gasteiger partial charge is 0.294 e. The summed E-state index contributed by atoms with van der Waals surface area (Å²) < 4.78 is 0. The molecular formula is C12H16ClN3O4. The van der Waals surface area contributed by atoms with Crippen LogP contribution in [0.25, 0.3) is 0 Å². The Balaban J connectivity index is 3.18. The maximum atomic E-state index is 12.3. The lowest BCUT2D eigenvalue weighted by Crippen LogP contribution is -2.34. The molecule has 0 spiro atoms. The number of aliphatic hydroxyl groups excluding tert-OH is 1. The molecule has 110 valence electrons. The van der Waals surface area contributed by atoms with E-state index in [2.05, 4.69) is 0 Å². The summed E-state index contributed by atoms with van der Waals surface area (Å²) in [6, 6.07) is 2.40. The molecule has 1 aromatic carbocycles. The molecule has 1 aromatic rings. The predicted octanol–water partition coefficient (Wildman–Crippen LogP) is 1.67.